The van der Waals surface area contributed by atoms with Gasteiger partial charge in [0.1, 0.15) is 5.82 Å². The second-order valence-corrected chi connectivity index (χ2v) is 17.3. The van der Waals surface area contributed by atoms with Crippen LogP contribution in [0.1, 0.15) is 40.0 Å². The van der Waals surface area contributed by atoms with Crippen LogP contribution in [0, 0.1) is 18.5 Å². The van der Waals surface area contributed by atoms with E-state index in [0.29, 0.717) is 22.4 Å². The Labute approximate surface area is 425 Å². The van der Waals surface area contributed by atoms with Gasteiger partial charge in [-0.3, -0.25) is 4.57 Å². The molecule has 0 unspecified atom stereocenters. The Bertz CT molecular complexity index is 4270. The first-order valence-corrected chi connectivity index (χ1v) is 22.0. The van der Waals surface area contributed by atoms with E-state index >= 15 is 0 Å². The van der Waals surface area contributed by atoms with Crippen molar-refractivity contribution in [1.29, 1.82) is 0 Å². The van der Waals surface area contributed by atoms with E-state index in [2.05, 4.69) is 103 Å². The Hall–Kier alpha value is -7.85. The zero-order valence-electron chi connectivity index (χ0n) is 47.1. The summed E-state index contributed by atoms with van der Waals surface area (Å²) in [7, 11) is 0. The fourth-order valence-electron chi connectivity index (χ4n) is 9.11. The fourth-order valence-corrected chi connectivity index (χ4v) is 9.11. The van der Waals surface area contributed by atoms with Crippen molar-refractivity contribution in [3.05, 3.63) is 242 Å². The molecule has 330 valence electrons. The Morgan fingerprint density at radius 1 is 0.603 bits per heavy atom. The van der Waals surface area contributed by atoms with E-state index < -0.39 is 60.4 Å². The Morgan fingerprint density at radius 3 is 2.01 bits per heavy atom. The van der Waals surface area contributed by atoms with Crippen LogP contribution in [0.3, 0.4) is 0 Å². The van der Waals surface area contributed by atoms with Gasteiger partial charge in [0.2, 0.25) is 0 Å². The number of anilines is 3. The van der Waals surface area contributed by atoms with E-state index in [1.54, 1.807) is 27.3 Å². The summed E-state index contributed by atoms with van der Waals surface area (Å²) in [5.41, 5.74) is 7.02. The summed E-state index contributed by atoms with van der Waals surface area (Å²) in [5, 5.41) is 4.26. The predicted molar refractivity (Wildman–Crippen MR) is 275 cm³/mol. The molecule has 0 radical (unpaired) electrons. The molecule has 0 atom stereocenters. The number of aromatic nitrogens is 4. The minimum Gasteiger partial charge on any atom is -0.359 e. The van der Waals surface area contributed by atoms with Crippen LogP contribution in [-0.2, 0) is 26.5 Å². The molecule has 12 rings (SSSR count). The third-order valence-electron chi connectivity index (χ3n) is 12.3. The van der Waals surface area contributed by atoms with Crippen LogP contribution in [0.4, 0.5) is 17.1 Å². The SMILES string of the molecule is [2H]c1c([2H])c([2H])c(-c2cccc(-c3c([2H])c([2H])c([2H])c([2H])c3[2H])c2-[n+]2[c-]n(-c3[c-]c(N(c4[c-]c5c(cc4)c4ccc6ccccc6c4n5-c4cc(C(C)(C)C)ccn4)c4ccccc4)ccc3)c3ccccc32)c([2H])c1[2H].[Pt]. The summed E-state index contributed by atoms with van der Waals surface area (Å²) in [5.74, 6) is 0.771. The maximum absolute atomic E-state index is 9.11. The van der Waals surface area contributed by atoms with Gasteiger partial charge in [0, 0.05) is 43.9 Å². The molecule has 0 saturated carbocycles. The number of rotatable bonds is 8. The van der Waals surface area contributed by atoms with Crippen molar-refractivity contribution in [1.82, 2.24) is 14.1 Å². The molecule has 12 aromatic rings. The number of imidazole rings is 1. The molecule has 0 amide bonds. The molecular weight excluding hydrogens is 1010 g/mol. The van der Waals surface area contributed by atoms with Crippen molar-refractivity contribution in [3.8, 4) is 39.4 Å². The number of hydrogen-bond acceptors (Lipinski definition) is 2. The number of nitrogens with zero attached hydrogens (tertiary/aromatic N) is 5. The number of para-hydroxylation sites is 4. The average Bonchev–Trinajstić information content (AvgIpc) is 4.07. The monoisotopic (exact) mass is 1060 g/mol. The van der Waals surface area contributed by atoms with Gasteiger partial charge < -0.3 is 14.0 Å². The zero-order chi connectivity index (χ0) is 53.8. The fraction of sp³-hybridized carbons (Fsp3) is 0.0645. The van der Waals surface area contributed by atoms with Crippen LogP contribution in [0.15, 0.2) is 218 Å². The van der Waals surface area contributed by atoms with Crippen LogP contribution >= 0.6 is 0 Å². The quantitative estimate of drug-likeness (QED) is 0.112. The second-order valence-electron chi connectivity index (χ2n) is 17.3. The molecule has 3 heterocycles. The molecule has 0 saturated heterocycles. The first-order valence-electron chi connectivity index (χ1n) is 27.0. The molecule has 68 heavy (non-hydrogen) atoms. The van der Waals surface area contributed by atoms with Crippen molar-refractivity contribution in [2.75, 3.05) is 4.90 Å². The first kappa shape index (κ1) is 32.8. The molecule has 9 aromatic carbocycles. The molecule has 0 fully saturated rings. The molecule has 5 nitrogen and oxygen atoms in total. The summed E-state index contributed by atoms with van der Waals surface area (Å²) >= 11 is 0. The van der Waals surface area contributed by atoms with Crippen LogP contribution in [0.2, 0.25) is 0 Å². The largest absolute Gasteiger partial charge is 0.359 e. The maximum Gasteiger partial charge on any atom is 0.268 e. The molecular formula is C62H45N5Pt-2. The normalized spacial score (nSPS) is 13.7. The van der Waals surface area contributed by atoms with Crippen LogP contribution in [0.25, 0.3) is 83.1 Å². The van der Waals surface area contributed by atoms with Gasteiger partial charge in [-0.1, -0.05) is 195 Å². The zero-order valence-corrected chi connectivity index (χ0v) is 39.3. The second kappa shape index (κ2) is 17.4. The van der Waals surface area contributed by atoms with Crippen LogP contribution < -0.4 is 9.47 Å². The van der Waals surface area contributed by atoms with Gasteiger partial charge in [0.25, 0.3) is 6.33 Å². The summed E-state index contributed by atoms with van der Waals surface area (Å²) in [6, 6.07) is 51.4. The maximum atomic E-state index is 9.11. The van der Waals surface area contributed by atoms with Gasteiger partial charge in [-0.05, 0) is 74.0 Å². The third-order valence-corrected chi connectivity index (χ3v) is 12.3. The molecule has 6 heteroatoms. The number of benzene rings is 9. The molecule has 0 bridgehead atoms. The summed E-state index contributed by atoms with van der Waals surface area (Å²) in [6.07, 6.45) is 5.37. The van der Waals surface area contributed by atoms with Crippen molar-refractivity contribution in [3.63, 3.8) is 0 Å². The number of hydrogen-bond donors (Lipinski definition) is 0. The van der Waals surface area contributed by atoms with E-state index in [1.807, 2.05) is 85.1 Å². The Kier molecular flexibility index (Phi) is 8.39. The topological polar surface area (TPSA) is 29.9 Å². The molecule has 0 spiro atoms. The average molecular weight is 1070 g/mol. The number of pyridine rings is 1. The van der Waals surface area contributed by atoms with E-state index in [9.17, 15) is 0 Å². The van der Waals surface area contributed by atoms with E-state index in [1.165, 1.54) is 0 Å². The third kappa shape index (κ3) is 7.40. The molecule has 3 aromatic heterocycles. The smallest absolute Gasteiger partial charge is 0.268 e. The standard InChI is InChI=1S/C62H45N5.Pt/c1-62(2,3)46-37-38-63-59(39-46)67-58-41-50(34-36-54(58)55-35-33-45-23-13-14-28-53(45)61(55)67)66(47-24-11-6-12-25-47)49-27-17-26-48(40-49)64-42-65(57-32-16-15-31-56(57)64)60-51(43-19-7-4-8-20-43)29-18-30-52(60)44-21-9-5-10-22-44;/h4-39H,1-3H3;/q-2;/i4D,5D,7D,8D,9D,10D,19D,20D,21D,22D;. The molecule has 0 aliphatic carbocycles. The van der Waals surface area contributed by atoms with Gasteiger partial charge in [0.15, 0.2) is 0 Å². The van der Waals surface area contributed by atoms with Crippen molar-refractivity contribution in [2.24, 2.45) is 0 Å². The van der Waals surface area contributed by atoms with E-state index in [-0.39, 0.29) is 54.4 Å². The molecule has 0 aliphatic rings. The van der Waals surface area contributed by atoms with E-state index in [4.69, 9.17) is 18.7 Å². The van der Waals surface area contributed by atoms with Gasteiger partial charge >= 0.3 is 0 Å². The van der Waals surface area contributed by atoms with Crippen LogP contribution in [-0.4, -0.2) is 14.1 Å². The van der Waals surface area contributed by atoms with Gasteiger partial charge in [-0.15, -0.1) is 23.6 Å². The number of fused-ring (bicyclic) bond motifs is 6. The first-order chi connectivity index (χ1) is 37.0. The Morgan fingerprint density at radius 2 is 1.26 bits per heavy atom. The van der Waals surface area contributed by atoms with Gasteiger partial charge in [0.05, 0.1) is 30.4 Å². The minimum absolute atomic E-state index is 0. The van der Waals surface area contributed by atoms with Crippen molar-refractivity contribution >= 4 is 60.7 Å². The van der Waals surface area contributed by atoms with E-state index in [0.717, 1.165) is 55.3 Å². The van der Waals surface area contributed by atoms with Crippen LogP contribution in [0.5, 0.6) is 0 Å². The van der Waals surface area contributed by atoms with Gasteiger partial charge in [-0.25, -0.2) is 4.98 Å². The summed E-state index contributed by atoms with van der Waals surface area (Å²) in [4.78, 5) is 7.09. The minimum atomic E-state index is -0.570. The van der Waals surface area contributed by atoms with Gasteiger partial charge in [-0.2, -0.15) is 24.3 Å². The summed E-state index contributed by atoms with van der Waals surface area (Å²) in [6.45, 7) is 6.58. The Balaban J connectivity index is 0.00000645. The van der Waals surface area contributed by atoms with Crippen molar-refractivity contribution < 1.29 is 39.3 Å². The molecule has 0 N–H and O–H groups in total. The van der Waals surface area contributed by atoms with Crippen molar-refractivity contribution in [2.45, 2.75) is 26.2 Å². The summed E-state index contributed by atoms with van der Waals surface area (Å²) < 4.78 is 93.6. The molecule has 0 aliphatic heterocycles. The predicted octanol–water partition coefficient (Wildman–Crippen LogP) is 15.1.